The number of nitrogens with zero attached hydrogens (tertiary/aromatic N) is 3. The molecule has 0 amide bonds. The van der Waals surface area contributed by atoms with E-state index >= 15 is 0 Å². The van der Waals surface area contributed by atoms with Crippen molar-refractivity contribution in [1.82, 2.24) is 14.3 Å². The van der Waals surface area contributed by atoms with Gasteiger partial charge in [-0.05, 0) is 48.4 Å². The van der Waals surface area contributed by atoms with Crippen LogP contribution < -0.4 is 11.4 Å². The van der Waals surface area contributed by atoms with Crippen molar-refractivity contribution < 1.29 is 9.53 Å². The third-order valence-electron chi connectivity index (χ3n) is 4.15. The highest BCUT2D eigenvalue weighted by Crippen LogP contribution is 2.11. The van der Waals surface area contributed by atoms with Crippen LogP contribution in [0.3, 0.4) is 0 Å². The van der Waals surface area contributed by atoms with E-state index < -0.39 is 0 Å². The van der Waals surface area contributed by atoms with Gasteiger partial charge in [0.05, 0.1) is 18.5 Å². The Bertz CT molecular complexity index is 1020. The summed E-state index contributed by atoms with van der Waals surface area (Å²) in [7, 11) is 1.36. The fourth-order valence-corrected chi connectivity index (χ4v) is 2.61. The van der Waals surface area contributed by atoms with Gasteiger partial charge < -0.3 is 10.5 Å². The number of carbonyl (C=O) groups excluding carboxylic acids is 1. The van der Waals surface area contributed by atoms with Gasteiger partial charge in [-0.2, -0.15) is 9.78 Å². The van der Waals surface area contributed by atoms with E-state index in [1.807, 2.05) is 12.1 Å². The molecule has 1 aromatic heterocycles. The first-order valence-electron chi connectivity index (χ1n) is 8.27. The molecule has 0 aliphatic rings. The molecule has 3 N–H and O–H groups in total. The van der Waals surface area contributed by atoms with Crippen LogP contribution in [0.25, 0.3) is 11.4 Å². The largest absolute Gasteiger partial charge is 0.469 e. The van der Waals surface area contributed by atoms with Crippen molar-refractivity contribution in [1.29, 1.82) is 5.41 Å². The third-order valence-corrected chi connectivity index (χ3v) is 4.15. The minimum absolute atomic E-state index is 0.0307. The minimum Gasteiger partial charge on any atom is -0.469 e. The van der Waals surface area contributed by atoms with Crippen LogP contribution >= 0.6 is 0 Å². The standard InChI is InChI=1S/C19H19N5O3/c1-27-17(25)11-4-13-2-7-16(8-3-13)24-19(26)23(12-22-24)15-9-5-14(6-10-15)18(20)21/h2-3,5-10,12H,4,11H2,1H3,(H3,20,21). The van der Waals surface area contributed by atoms with E-state index in [1.165, 1.54) is 22.7 Å². The summed E-state index contributed by atoms with van der Waals surface area (Å²) >= 11 is 0. The van der Waals surface area contributed by atoms with E-state index in [0.717, 1.165) is 5.56 Å². The van der Waals surface area contributed by atoms with Gasteiger partial charge in [-0.3, -0.25) is 10.2 Å². The van der Waals surface area contributed by atoms with Crippen LogP contribution in [0.5, 0.6) is 0 Å². The number of nitrogens with two attached hydrogens (primary N) is 1. The van der Waals surface area contributed by atoms with E-state index in [-0.39, 0.29) is 17.5 Å². The molecule has 27 heavy (non-hydrogen) atoms. The van der Waals surface area contributed by atoms with Gasteiger partial charge in [0.1, 0.15) is 12.2 Å². The highest BCUT2D eigenvalue weighted by atomic mass is 16.5. The van der Waals surface area contributed by atoms with E-state index in [0.29, 0.717) is 29.8 Å². The highest BCUT2D eigenvalue weighted by molar-refractivity contribution is 5.95. The van der Waals surface area contributed by atoms with E-state index in [9.17, 15) is 9.59 Å². The number of carbonyl (C=O) groups is 1. The SMILES string of the molecule is COC(=O)CCc1ccc(-n2ncn(-c3ccc(C(=N)N)cc3)c2=O)cc1. The molecule has 138 valence electrons. The monoisotopic (exact) mass is 365 g/mol. The molecule has 0 atom stereocenters. The number of hydrogen-bond donors (Lipinski definition) is 2. The molecule has 0 fully saturated rings. The Morgan fingerprint density at radius 2 is 1.74 bits per heavy atom. The summed E-state index contributed by atoms with van der Waals surface area (Å²) in [5.41, 5.74) is 7.94. The maximum absolute atomic E-state index is 12.7. The Balaban J connectivity index is 1.81. The van der Waals surface area contributed by atoms with Gasteiger partial charge in [-0.1, -0.05) is 12.1 Å². The van der Waals surface area contributed by atoms with Gasteiger partial charge in [0.25, 0.3) is 0 Å². The van der Waals surface area contributed by atoms with Crippen LogP contribution in [0.1, 0.15) is 17.5 Å². The Hall–Kier alpha value is -3.68. The molecule has 2 aromatic carbocycles. The van der Waals surface area contributed by atoms with Crippen molar-refractivity contribution in [3.63, 3.8) is 0 Å². The summed E-state index contributed by atoms with van der Waals surface area (Å²) < 4.78 is 7.34. The van der Waals surface area contributed by atoms with Crippen LogP contribution in [-0.4, -0.2) is 33.3 Å². The number of amidine groups is 1. The van der Waals surface area contributed by atoms with E-state index in [4.69, 9.17) is 11.1 Å². The lowest BCUT2D eigenvalue weighted by molar-refractivity contribution is -0.140. The molecule has 0 spiro atoms. The van der Waals surface area contributed by atoms with Gasteiger partial charge in [-0.15, -0.1) is 0 Å². The molecule has 8 heteroatoms. The lowest BCUT2D eigenvalue weighted by atomic mass is 10.1. The summed E-state index contributed by atoms with van der Waals surface area (Å²) in [6.45, 7) is 0. The Morgan fingerprint density at radius 1 is 1.11 bits per heavy atom. The van der Waals surface area contributed by atoms with Gasteiger partial charge in [0.2, 0.25) is 0 Å². The molecule has 0 unspecified atom stereocenters. The zero-order chi connectivity index (χ0) is 19.4. The minimum atomic E-state index is -0.312. The van der Waals surface area contributed by atoms with Crippen molar-refractivity contribution in [3.05, 3.63) is 76.5 Å². The van der Waals surface area contributed by atoms with E-state index in [2.05, 4.69) is 9.84 Å². The Kier molecular flexibility index (Phi) is 5.16. The molecule has 0 aliphatic carbocycles. The second kappa shape index (κ2) is 7.69. The fourth-order valence-electron chi connectivity index (χ4n) is 2.61. The number of benzene rings is 2. The summed E-state index contributed by atoms with van der Waals surface area (Å²) in [6.07, 6.45) is 2.32. The molecule has 0 saturated carbocycles. The number of nitrogens with one attached hydrogen (secondary N) is 1. The number of hydrogen-bond acceptors (Lipinski definition) is 5. The quantitative estimate of drug-likeness (QED) is 0.389. The average Bonchev–Trinajstić information content (AvgIpc) is 3.08. The lowest BCUT2D eigenvalue weighted by Crippen LogP contribution is -2.22. The molecule has 3 aromatic rings. The van der Waals surface area contributed by atoms with Gasteiger partial charge in [-0.25, -0.2) is 9.36 Å². The first-order valence-corrected chi connectivity index (χ1v) is 8.27. The van der Waals surface area contributed by atoms with Crippen LogP contribution in [0.4, 0.5) is 0 Å². The Morgan fingerprint density at radius 3 is 2.33 bits per heavy atom. The molecule has 0 saturated heterocycles. The zero-order valence-corrected chi connectivity index (χ0v) is 14.8. The number of nitrogen functional groups attached to an aromatic ring is 1. The number of rotatable bonds is 6. The van der Waals surface area contributed by atoms with Crippen molar-refractivity contribution in [2.45, 2.75) is 12.8 Å². The molecule has 3 rings (SSSR count). The third kappa shape index (κ3) is 3.95. The number of ether oxygens (including phenoxy) is 1. The first kappa shape index (κ1) is 18.1. The smallest absolute Gasteiger partial charge is 0.355 e. The highest BCUT2D eigenvalue weighted by Gasteiger charge is 2.09. The van der Waals surface area contributed by atoms with Crippen LogP contribution in [0.2, 0.25) is 0 Å². The van der Waals surface area contributed by atoms with Crippen molar-refractivity contribution in [2.75, 3.05) is 7.11 Å². The summed E-state index contributed by atoms with van der Waals surface area (Å²) in [5.74, 6) is -0.290. The predicted molar refractivity (Wildman–Crippen MR) is 101 cm³/mol. The molecule has 0 radical (unpaired) electrons. The molecular weight excluding hydrogens is 346 g/mol. The lowest BCUT2D eigenvalue weighted by Gasteiger charge is -2.04. The van der Waals surface area contributed by atoms with Gasteiger partial charge in [0, 0.05) is 12.0 Å². The van der Waals surface area contributed by atoms with Gasteiger partial charge in [0.15, 0.2) is 0 Å². The van der Waals surface area contributed by atoms with E-state index in [1.54, 1.807) is 36.4 Å². The topological polar surface area (TPSA) is 116 Å². The van der Waals surface area contributed by atoms with Crippen LogP contribution in [0, 0.1) is 5.41 Å². The van der Waals surface area contributed by atoms with Crippen molar-refractivity contribution in [2.24, 2.45) is 5.73 Å². The molecule has 0 bridgehead atoms. The normalized spacial score (nSPS) is 10.6. The van der Waals surface area contributed by atoms with Crippen LogP contribution in [0.15, 0.2) is 59.7 Å². The number of aromatic nitrogens is 3. The Labute approximate surface area is 155 Å². The summed E-state index contributed by atoms with van der Waals surface area (Å²) in [5, 5.41) is 11.6. The maximum Gasteiger partial charge on any atom is 0.355 e. The van der Waals surface area contributed by atoms with Gasteiger partial charge >= 0.3 is 11.7 Å². The fraction of sp³-hybridized carbons (Fsp3) is 0.158. The van der Waals surface area contributed by atoms with Crippen molar-refractivity contribution in [3.8, 4) is 11.4 Å². The second-order valence-electron chi connectivity index (χ2n) is 5.90. The second-order valence-corrected chi connectivity index (χ2v) is 5.90. The zero-order valence-electron chi connectivity index (χ0n) is 14.8. The number of methoxy groups -OCH3 is 1. The number of esters is 1. The average molecular weight is 365 g/mol. The molecule has 1 heterocycles. The molecular formula is C19H19N5O3. The first-order chi connectivity index (χ1) is 13.0. The summed E-state index contributed by atoms with van der Waals surface area (Å²) in [4.78, 5) is 23.9. The summed E-state index contributed by atoms with van der Waals surface area (Å²) in [6, 6.07) is 14.0. The number of aryl methyl sites for hydroxylation is 1. The molecule has 0 aliphatic heterocycles. The predicted octanol–water partition coefficient (Wildman–Crippen LogP) is 1.41. The van der Waals surface area contributed by atoms with Crippen LogP contribution in [-0.2, 0) is 16.0 Å². The molecule has 8 nitrogen and oxygen atoms in total. The van der Waals surface area contributed by atoms with Crippen molar-refractivity contribution >= 4 is 11.8 Å². The maximum atomic E-state index is 12.7.